The Balaban J connectivity index is 2.03. The fourth-order valence-electron chi connectivity index (χ4n) is 1.83. The predicted molar refractivity (Wildman–Crippen MR) is 78.4 cm³/mol. The molecule has 0 aliphatic rings. The quantitative estimate of drug-likeness (QED) is 0.862. The summed E-state index contributed by atoms with van der Waals surface area (Å²) < 4.78 is 6.43. The van der Waals surface area contributed by atoms with E-state index in [1.54, 1.807) is 18.4 Å². The smallest absolute Gasteiger partial charge is 0.134 e. The molecule has 2 rings (SSSR count). The second-order valence-electron chi connectivity index (χ2n) is 5.25. The molecule has 0 radical (unpaired) electrons. The molecular formula is C14H20N2OS. The molecule has 2 heterocycles. The standard InChI is InChI=1S/C14H20N2OS/c1-14(2,6-8-17-3)10-16-13-11-5-9-18-12(11)4-7-15-13/h4-5,7,9H,6,8,10H2,1-3H3,(H,15,16). The summed E-state index contributed by atoms with van der Waals surface area (Å²) in [6, 6.07) is 4.18. The van der Waals surface area contributed by atoms with E-state index in [-0.39, 0.29) is 5.41 Å². The Morgan fingerprint density at radius 3 is 3.00 bits per heavy atom. The number of methoxy groups -OCH3 is 1. The second-order valence-corrected chi connectivity index (χ2v) is 6.20. The highest BCUT2D eigenvalue weighted by atomic mass is 32.1. The third-order valence-electron chi connectivity index (χ3n) is 3.10. The van der Waals surface area contributed by atoms with Crippen LogP contribution in [0.2, 0.25) is 0 Å². The first-order valence-electron chi connectivity index (χ1n) is 6.17. The summed E-state index contributed by atoms with van der Waals surface area (Å²) >= 11 is 1.75. The van der Waals surface area contributed by atoms with Crippen molar-refractivity contribution in [3.8, 4) is 0 Å². The number of hydrogen-bond donors (Lipinski definition) is 1. The van der Waals surface area contributed by atoms with E-state index in [1.807, 2.05) is 6.20 Å². The lowest BCUT2D eigenvalue weighted by molar-refractivity contribution is 0.157. The van der Waals surface area contributed by atoms with Crippen molar-refractivity contribution in [3.05, 3.63) is 23.7 Å². The van der Waals surface area contributed by atoms with Gasteiger partial charge in [0.1, 0.15) is 5.82 Å². The molecule has 18 heavy (non-hydrogen) atoms. The minimum atomic E-state index is 0.204. The molecule has 98 valence electrons. The molecule has 0 amide bonds. The van der Waals surface area contributed by atoms with E-state index in [0.717, 1.165) is 25.4 Å². The first-order chi connectivity index (χ1) is 8.62. The largest absolute Gasteiger partial charge is 0.385 e. The average Bonchev–Trinajstić information content (AvgIpc) is 2.82. The number of aromatic nitrogens is 1. The van der Waals surface area contributed by atoms with E-state index in [4.69, 9.17) is 4.74 Å². The summed E-state index contributed by atoms with van der Waals surface area (Å²) in [5.41, 5.74) is 0.204. The summed E-state index contributed by atoms with van der Waals surface area (Å²) in [5.74, 6) is 0.985. The predicted octanol–water partition coefficient (Wildman–Crippen LogP) is 3.77. The molecule has 0 saturated heterocycles. The van der Waals surface area contributed by atoms with Gasteiger partial charge in [-0.3, -0.25) is 0 Å². The maximum atomic E-state index is 5.15. The van der Waals surface area contributed by atoms with E-state index in [1.165, 1.54) is 10.1 Å². The number of thiophene rings is 1. The van der Waals surface area contributed by atoms with Gasteiger partial charge >= 0.3 is 0 Å². The topological polar surface area (TPSA) is 34.1 Å². The van der Waals surface area contributed by atoms with Gasteiger partial charge in [-0.1, -0.05) is 13.8 Å². The molecule has 0 aliphatic heterocycles. The highest BCUT2D eigenvalue weighted by Gasteiger charge is 2.17. The third-order valence-corrected chi connectivity index (χ3v) is 3.98. The minimum Gasteiger partial charge on any atom is -0.385 e. The zero-order valence-electron chi connectivity index (χ0n) is 11.2. The molecule has 0 saturated carbocycles. The van der Waals surface area contributed by atoms with Gasteiger partial charge in [0.15, 0.2) is 0 Å². The van der Waals surface area contributed by atoms with Crippen molar-refractivity contribution in [2.24, 2.45) is 5.41 Å². The van der Waals surface area contributed by atoms with Crippen molar-refractivity contribution < 1.29 is 4.74 Å². The molecule has 0 spiro atoms. The molecule has 0 aromatic carbocycles. The van der Waals surface area contributed by atoms with Gasteiger partial charge in [-0.15, -0.1) is 11.3 Å². The van der Waals surface area contributed by atoms with Crippen molar-refractivity contribution in [1.82, 2.24) is 4.98 Å². The van der Waals surface area contributed by atoms with Crippen LogP contribution in [-0.2, 0) is 4.74 Å². The number of fused-ring (bicyclic) bond motifs is 1. The molecule has 4 heteroatoms. The molecule has 1 N–H and O–H groups in total. The van der Waals surface area contributed by atoms with E-state index in [2.05, 4.69) is 41.7 Å². The van der Waals surface area contributed by atoms with Crippen molar-refractivity contribution in [1.29, 1.82) is 0 Å². The zero-order valence-corrected chi connectivity index (χ0v) is 12.0. The minimum absolute atomic E-state index is 0.204. The van der Waals surface area contributed by atoms with Gasteiger partial charge in [-0.05, 0) is 29.3 Å². The Labute approximate surface area is 112 Å². The van der Waals surface area contributed by atoms with E-state index in [9.17, 15) is 0 Å². The maximum absolute atomic E-state index is 5.15. The summed E-state index contributed by atoms with van der Waals surface area (Å²) in [5, 5.41) is 6.78. The number of hydrogen-bond acceptors (Lipinski definition) is 4. The van der Waals surface area contributed by atoms with Crippen LogP contribution in [0.3, 0.4) is 0 Å². The Morgan fingerprint density at radius 1 is 1.39 bits per heavy atom. The molecule has 2 aromatic rings. The van der Waals surface area contributed by atoms with Gasteiger partial charge in [-0.2, -0.15) is 0 Å². The number of nitrogens with zero attached hydrogens (tertiary/aromatic N) is 1. The van der Waals surface area contributed by atoms with Crippen molar-refractivity contribution in [2.45, 2.75) is 20.3 Å². The maximum Gasteiger partial charge on any atom is 0.134 e. The highest BCUT2D eigenvalue weighted by molar-refractivity contribution is 7.17. The van der Waals surface area contributed by atoms with Gasteiger partial charge in [0.2, 0.25) is 0 Å². The molecule has 0 atom stereocenters. The van der Waals surface area contributed by atoms with Crippen LogP contribution in [0.25, 0.3) is 10.1 Å². The fourth-order valence-corrected chi connectivity index (χ4v) is 2.61. The number of rotatable bonds is 6. The number of ether oxygens (including phenoxy) is 1. The van der Waals surface area contributed by atoms with Gasteiger partial charge < -0.3 is 10.1 Å². The van der Waals surface area contributed by atoms with E-state index >= 15 is 0 Å². The monoisotopic (exact) mass is 264 g/mol. The lowest BCUT2D eigenvalue weighted by Gasteiger charge is -2.25. The lowest BCUT2D eigenvalue weighted by atomic mass is 9.90. The first-order valence-corrected chi connectivity index (χ1v) is 7.05. The molecule has 2 aromatic heterocycles. The summed E-state index contributed by atoms with van der Waals surface area (Å²) in [6.45, 7) is 6.18. The lowest BCUT2D eigenvalue weighted by Crippen LogP contribution is -2.25. The normalized spacial score (nSPS) is 11.9. The third kappa shape index (κ3) is 3.21. The molecule has 0 aliphatic carbocycles. The number of nitrogens with one attached hydrogen (secondary N) is 1. The van der Waals surface area contributed by atoms with Crippen LogP contribution in [0.15, 0.2) is 23.7 Å². The van der Waals surface area contributed by atoms with Gasteiger partial charge in [0.25, 0.3) is 0 Å². The molecular weight excluding hydrogens is 244 g/mol. The van der Waals surface area contributed by atoms with Crippen LogP contribution in [0.1, 0.15) is 20.3 Å². The number of pyridine rings is 1. The van der Waals surface area contributed by atoms with Gasteiger partial charge in [0.05, 0.1) is 0 Å². The van der Waals surface area contributed by atoms with Gasteiger partial charge in [-0.25, -0.2) is 4.98 Å². The zero-order chi connectivity index (χ0) is 13.0. The van der Waals surface area contributed by atoms with Gasteiger partial charge in [0, 0.05) is 36.5 Å². The molecule has 0 unspecified atom stereocenters. The SMILES string of the molecule is COCCC(C)(C)CNc1nccc2sccc12. The summed E-state index contributed by atoms with van der Waals surface area (Å²) in [7, 11) is 1.75. The molecule has 0 fully saturated rings. The second kappa shape index (κ2) is 5.67. The van der Waals surface area contributed by atoms with Crippen LogP contribution in [0, 0.1) is 5.41 Å². The van der Waals surface area contributed by atoms with Crippen LogP contribution in [0.5, 0.6) is 0 Å². The average molecular weight is 264 g/mol. The molecule has 0 bridgehead atoms. The van der Waals surface area contributed by atoms with Crippen molar-refractivity contribution >= 4 is 27.2 Å². The van der Waals surface area contributed by atoms with Crippen LogP contribution in [0.4, 0.5) is 5.82 Å². The first kappa shape index (κ1) is 13.3. The molecule has 3 nitrogen and oxygen atoms in total. The number of anilines is 1. The van der Waals surface area contributed by atoms with Crippen molar-refractivity contribution in [2.75, 3.05) is 25.6 Å². The Kier molecular flexibility index (Phi) is 4.19. The summed E-state index contributed by atoms with van der Waals surface area (Å²) in [4.78, 5) is 4.43. The van der Waals surface area contributed by atoms with E-state index < -0.39 is 0 Å². The fraction of sp³-hybridized carbons (Fsp3) is 0.500. The summed E-state index contributed by atoms with van der Waals surface area (Å²) in [6.07, 6.45) is 2.90. The Bertz CT molecular complexity index is 507. The van der Waals surface area contributed by atoms with Crippen LogP contribution < -0.4 is 5.32 Å². The Morgan fingerprint density at radius 2 is 2.22 bits per heavy atom. The Hall–Kier alpha value is -1.13. The highest BCUT2D eigenvalue weighted by Crippen LogP contribution is 2.27. The van der Waals surface area contributed by atoms with Crippen LogP contribution in [-0.4, -0.2) is 25.2 Å². The van der Waals surface area contributed by atoms with Crippen molar-refractivity contribution in [3.63, 3.8) is 0 Å². The van der Waals surface area contributed by atoms with E-state index in [0.29, 0.717) is 0 Å². The van der Waals surface area contributed by atoms with Crippen LogP contribution >= 0.6 is 11.3 Å².